The lowest BCUT2D eigenvalue weighted by Gasteiger charge is -2.25. The predicted molar refractivity (Wildman–Crippen MR) is 121 cm³/mol. The number of benzene rings is 1. The van der Waals surface area contributed by atoms with Gasteiger partial charge in [-0.25, -0.2) is 0 Å². The Morgan fingerprint density at radius 2 is 1.81 bits per heavy atom. The minimum Gasteiger partial charge on any atom is -0.361 e. The van der Waals surface area contributed by atoms with Crippen molar-refractivity contribution < 1.29 is 28.7 Å². The molecule has 176 valence electrons. The Kier molecular flexibility index (Phi) is 9.00. The number of fused-ring (bicyclic) bond motifs is 1. The molecule has 0 saturated heterocycles. The largest absolute Gasteiger partial charge is 0.361 e. The third kappa shape index (κ3) is 7.78. The van der Waals surface area contributed by atoms with Gasteiger partial charge in [0.15, 0.2) is 0 Å². The summed E-state index contributed by atoms with van der Waals surface area (Å²) in [6.45, 7) is 5.21. The topological polar surface area (TPSA) is 161 Å². The molecule has 32 heavy (non-hydrogen) atoms. The lowest BCUT2D eigenvalue weighted by Crippen LogP contribution is -2.50. The van der Waals surface area contributed by atoms with Gasteiger partial charge < -0.3 is 30.7 Å². The Labute approximate surface area is 186 Å². The number of carbonyl (C=O) groups is 3. The highest BCUT2D eigenvalue weighted by Crippen LogP contribution is 2.42. The van der Waals surface area contributed by atoms with Crippen molar-refractivity contribution in [2.24, 2.45) is 5.92 Å². The van der Waals surface area contributed by atoms with E-state index in [9.17, 15) is 28.7 Å². The Morgan fingerprint density at radius 3 is 2.44 bits per heavy atom. The second-order valence-electron chi connectivity index (χ2n) is 8.16. The van der Waals surface area contributed by atoms with Crippen molar-refractivity contribution in [3.63, 3.8) is 0 Å². The van der Waals surface area contributed by atoms with E-state index in [0.717, 1.165) is 10.9 Å². The average Bonchev–Trinajstić information content (AvgIpc) is 3.08. The van der Waals surface area contributed by atoms with Crippen LogP contribution in [0.2, 0.25) is 0 Å². The molecule has 0 radical (unpaired) electrons. The van der Waals surface area contributed by atoms with Gasteiger partial charge in [-0.1, -0.05) is 32.0 Å². The highest BCUT2D eigenvalue weighted by atomic mass is 31.2. The number of para-hydroxylation sites is 1. The van der Waals surface area contributed by atoms with Crippen molar-refractivity contribution in [2.75, 3.05) is 6.54 Å². The lowest BCUT2D eigenvalue weighted by molar-refractivity contribution is -0.129. The lowest BCUT2D eigenvalue weighted by atomic mass is 10.0. The fourth-order valence-corrected chi connectivity index (χ4v) is 4.08. The summed E-state index contributed by atoms with van der Waals surface area (Å²) >= 11 is 0. The molecule has 0 aliphatic carbocycles. The molecule has 0 fully saturated rings. The van der Waals surface area contributed by atoms with Gasteiger partial charge in [-0.15, -0.1) is 0 Å². The van der Waals surface area contributed by atoms with Crippen molar-refractivity contribution in [1.82, 2.24) is 20.9 Å². The van der Waals surface area contributed by atoms with Crippen molar-refractivity contribution in [3.05, 3.63) is 36.0 Å². The molecule has 2 aromatic rings. The third-order valence-electron chi connectivity index (χ3n) is 4.89. The van der Waals surface area contributed by atoms with Gasteiger partial charge in [-0.05, 0) is 24.0 Å². The van der Waals surface area contributed by atoms with Gasteiger partial charge in [0.1, 0.15) is 11.8 Å². The van der Waals surface area contributed by atoms with Crippen LogP contribution in [0.25, 0.3) is 10.9 Å². The van der Waals surface area contributed by atoms with Crippen LogP contribution in [-0.2, 0) is 25.4 Å². The minimum atomic E-state index is -4.69. The zero-order chi connectivity index (χ0) is 23.9. The van der Waals surface area contributed by atoms with Gasteiger partial charge in [-0.3, -0.25) is 18.9 Å². The zero-order valence-corrected chi connectivity index (χ0v) is 19.3. The maximum Gasteiger partial charge on any atom is 0.347 e. The molecule has 10 nitrogen and oxygen atoms in total. The minimum absolute atomic E-state index is 0.0152. The van der Waals surface area contributed by atoms with Crippen LogP contribution in [-0.4, -0.2) is 50.9 Å². The summed E-state index contributed by atoms with van der Waals surface area (Å²) < 4.78 is 12.1. The fraction of sp³-hybridized carbons (Fsp3) is 0.476. The van der Waals surface area contributed by atoms with E-state index in [-0.39, 0.29) is 31.2 Å². The first-order valence-corrected chi connectivity index (χ1v) is 12.1. The van der Waals surface area contributed by atoms with E-state index in [1.54, 1.807) is 6.20 Å². The fourth-order valence-electron chi connectivity index (χ4n) is 3.35. The third-order valence-corrected chi connectivity index (χ3v) is 6.01. The average molecular weight is 466 g/mol. The first-order valence-electron chi connectivity index (χ1n) is 10.4. The van der Waals surface area contributed by atoms with Crippen molar-refractivity contribution in [2.45, 2.75) is 51.9 Å². The normalized spacial score (nSPS) is 13.6. The van der Waals surface area contributed by atoms with Crippen LogP contribution in [0.1, 0.15) is 39.2 Å². The van der Waals surface area contributed by atoms with Gasteiger partial charge in [0, 0.05) is 43.4 Å². The van der Waals surface area contributed by atoms with Crippen LogP contribution in [0.5, 0.6) is 0 Å². The van der Waals surface area contributed by atoms with Crippen molar-refractivity contribution >= 4 is 36.2 Å². The maximum atomic E-state index is 12.9. The molecule has 0 aliphatic rings. The van der Waals surface area contributed by atoms with Crippen LogP contribution >= 0.6 is 7.60 Å². The first kappa shape index (κ1) is 25.6. The van der Waals surface area contributed by atoms with E-state index in [0.29, 0.717) is 12.0 Å². The summed E-state index contributed by atoms with van der Waals surface area (Å²) in [5.41, 5.74) is 1.48. The zero-order valence-electron chi connectivity index (χ0n) is 18.4. The first-order chi connectivity index (χ1) is 15.0. The summed E-state index contributed by atoms with van der Waals surface area (Å²) in [5, 5.41) is 8.37. The summed E-state index contributed by atoms with van der Waals surface area (Å²) in [7, 11) is -4.69. The molecule has 0 spiro atoms. The van der Waals surface area contributed by atoms with E-state index < -0.39 is 31.2 Å². The van der Waals surface area contributed by atoms with E-state index >= 15 is 0 Å². The SMILES string of the molecule is CC(=O)NCCC(=O)N[C@@H](CC(C)C)C(=O)N[C@@H](Cc1c[nH]c2ccccc12)P(=O)(O)O. The second kappa shape index (κ2) is 11.3. The van der Waals surface area contributed by atoms with E-state index in [2.05, 4.69) is 20.9 Å². The molecular formula is C21H31N4O6P. The van der Waals surface area contributed by atoms with Crippen LogP contribution < -0.4 is 16.0 Å². The monoisotopic (exact) mass is 466 g/mol. The molecule has 0 unspecified atom stereocenters. The predicted octanol–water partition coefficient (Wildman–Crippen LogP) is 1.39. The Morgan fingerprint density at radius 1 is 1.12 bits per heavy atom. The molecular weight excluding hydrogens is 435 g/mol. The smallest absolute Gasteiger partial charge is 0.347 e. The molecule has 1 heterocycles. The van der Waals surface area contributed by atoms with Crippen LogP contribution in [0.3, 0.4) is 0 Å². The quantitative estimate of drug-likeness (QED) is 0.274. The summed E-state index contributed by atoms with van der Waals surface area (Å²) in [6, 6.07) is 6.38. The van der Waals surface area contributed by atoms with E-state index in [1.807, 2.05) is 38.1 Å². The maximum absolute atomic E-state index is 12.9. The number of aromatic nitrogens is 1. The van der Waals surface area contributed by atoms with Crippen LogP contribution in [0.4, 0.5) is 0 Å². The van der Waals surface area contributed by atoms with Gasteiger partial charge in [0.25, 0.3) is 0 Å². The molecule has 6 N–H and O–H groups in total. The Bertz CT molecular complexity index is 999. The molecule has 2 atom stereocenters. The number of hydrogen-bond acceptors (Lipinski definition) is 4. The van der Waals surface area contributed by atoms with Crippen LogP contribution in [0, 0.1) is 5.92 Å². The van der Waals surface area contributed by atoms with Crippen molar-refractivity contribution in [1.29, 1.82) is 0 Å². The molecule has 11 heteroatoms. The molecule has 3 amide bonds. The summed E-state index contributed by atoms with van der Waals surface area (Å²) in [4.78, 5) is 58.8. The highest BCUT2D eigenvalue weighted by Gasteiger charge is 2.34. The standard InChI is InChI=1S/C21H31N4O6P/c1-13(2)10-18(24-19(27)8-9-22-14(3)26)21(28)25-20(32(29,30)31)11-15-12-23-17-7-5-4-6-16(15)17/h4-7,12-13,18,20,23H,8-11H2,1-3H3,(H,22,26)(H,24,27)(H,25,28)(H2,29,30,31)/t18-,20+/m0/s1. The van der Waals surface area contributed by atoms with Crippen LogP contribution in [0.15, 0.2) is 30.5 Å². The second-order valence-corrected chi connectivity index (χ2v) is 9.96. The van der Waals surface area contributed by atoms with Gasteiger partial charge in [0.05, 0.1) is 0 Å². The Hall–Kier alpha value is -2.68. The van der Waals surface area contributed by atoms with Gasteiger partial charge >= 0.3 is 7.60 Å². The number of H-pyrrole nitrogens is 1. The number of amides is 3. The molecule has 2 rings (SSSR count). The van der Waals surface area contributed by atoms with E-state index in [4.69, 9.17) is 0 Å². The Balaban J connectivity index is 2.12. The molecule has 0 bridgehead atoms. The number of rotatable bonds is 11. The molecule has 1 aromatic heterocycles. The highest BCUT2D eigenvalue weighted by molar-refractivity contribution is 7.52. The molecule has 1 aromatic carbocycles. The van der Waals surface area contributed by atoms with E-state index in [1.165, 1.54) is 6.92 Å². The summed E-state index contributed by atoms with van der Waals surface area (Å²) in [5.74, 6) is -2.77. The number of nitrogens with one attached hydrogen (secondary N) is 4. The number of hydrogen-bond donors (Lipinski definition) is 6. The summed E-state index contributed by atoms with van der Waals surface area (Å²) in [6.07, 6.45) is 1.86. The molecule has 0 saturated carbocycles. The number of aromatic amines is 1. The van der Waals surface area contributed by atoms with Crippen molar-refractivity contribution in [3.8, 4) is 0 Å². The molecule has 0 aliphatic heterocycles. The van der Waals surface area contributed by atoms with Gasteiger partial charge in [0.2, 0.25) is 17.7 Å². The number of carbonyl (C=O) groups excluding carboxylic acids is 3. The van der Waals surface area contributed by atoms with Gasteiger partial charge in [-0.2, -0.15) is 0 Å².